The second-order valence-electron chi connectivity index (χ2n) is 7.89. The lowest BCUT2D eigenvalue weighted by Crippen LogP contribution is -2.53. The number of carbonyl (C=O) groups excluding carboxylic acids is 4. The Balaban J connectivity index is 1.53. The van der Waals surface area contributed by atoms with Crippen LogP contribution in [-0.4, -0.2) is 41.9 Å². The lowest BCUT2D eigenvalue weighted by molar-refractivity contribution is -0.130. The monoisotopic (exact) mass is 541 g/mol. The molecule has 1 aromatic heterocycles. The highest BCUT2D eigenvalue weighted by atomic mass is 35.5. The van der Waals surface area contributed by atoms with E-state index in [4.69, 9.17) is 25.5 Å². The first-order valence-corrected chi connectivity index (χ1v) is 11.7. The van der Waals surface area contributed by atoms with Gasteiger partial charge in [0.25, 0.3) is 17.7 Å². The topological polar surface area (TPSA) is 127 Å². The highest BCUT2D eigenvalue weighted by Crippen LogP contribution is 2.37. The number of ether oxygens (including phenoxy) is 2. The summed E-state index contributed by atoms with van der Waals surface area (Å²) in [6.45, 7) is 1.35. The normalized spacial score (nSPS) is 14.4. The van der Waals surface area contributed by atoms with E-state index in [2.05, 4.69) is 10.6 Å². The van der Waals surface area contributed by atoms with E-state index in [0.29, 0.717) is 17.0 Å². The molecule has 38 heavy (non-hydrogen) atoms. The van der Waals surface area contributed by atoms with Crippen LogP contribution in [0.4, 0.5) is 14.9 Å². The molecule has 2 aromatic carbocycles. The van der Waals surface area contributed by atoms with Gasteiger partial charge in [-0.05, 0) is 67.1 Å². The fourth-order valence-corrected chi connectivity index (χ4v) is 3.78. The molecule has 0 saturated carbocycles. The van der Waals surface area contributed by atoms with Crippen LogP contribution in [0.1, 0.15) is 18.2 Å². The Morgan fingerprint density at radius 2 is 1.92 bits per heavy atom. The summed E-state index contributed by atoms with van der Waals surface area (Å²) in [6.07, 6.45) is 2.66. The Bertz CT molecular complexity index is 1400. The number of benzene rings is 2. The number of barbiturate groups is 1. The van der Waals surface area contributed by atoms with Gasteiger partial charge in [-0.1, -0.05) is 11.6 Å². The fourth-order valence-electron chi connectivity index (χ4n) is 3.50. The third kappa shape index (κ3) is 6.19. The molecule has 3 aromatic rings. The average molecular weight is 542 g/mol. The van der Waals surface area contributed by atoms with E-state index >= 15 is 0 Å². The van der Waals surface area contributed by atoms with Gasteiger partial charge in [-0.2, -0.15) is 0 Å². The number of halogens is 2. The maximum atomic E-state index is 13.1. The Morgan fingerprint density at radius 1 is 1.16 bits per heavy atom. The van der Waals surface area contributed by atoms with Crippen molar-refractivity contribution in [3.63, 3.8) is 0 Å². The third-order valence-electron chi connectivity index (χ3n) is 5.20. The molecule has 1 fully saturated rings. The van der Waals surface area contributed by atoms with Crippen molar-refractivity contribution < 1.29 is 37.5 Å². The zero-order chi connectivity index (χ0) is 27.2. The molecule has 0 spiro atoms. The number of hydrogen-bond acceptors (Lipinski definition) is 7. The molecule has 10 nitrogen and oxygen atoms in total. The van der Waals surface area contributed by atoms with Crippen LogP contribution in [0.3, 0.4) is 0 Å². The smallest absolute Gasteiger partial charge is 0.331 e. The molecule has 0 bridgehead atoms. The summed E-state index contributed by atoms with van der Waals surface area (Å²) < 4.78 is 29.4. The van der Waals surface area contributed by atoms with E-state index in [0.717, 1.165) is 4.90 Å². The molecule has 0 radical (unpaired) electrons. The predicted molar refractivity (Wildman–Crippen MR) is 134 cm³/mol. The van der Waals surface area contributed by atoms with E-state index in [-0.39, 0.29) is 35.2 Å². The Labute approximate surface area is 220 Å². The van der Waals surface area contributed by atoms with E-state index < -0.39 is 36.2 Å². The molecular formula is C26H21ClFN3O7. The molecule has 2 N–H and O–H groups in total. The van der Waals surface area contributed by atoms with Gasteiger partial charge in [-0.25, -0.2) is 9.18 Å². The Morgan fingerprint density at radius 3 is 2.61 bits per heavy atom. The summed E-state index contributed by atoms with van der Waals surface area (Å²) in [5.74, 6) is -2.06. The number of rotatable bonds is 9. The van der Waals surface area contributed by atoms with Crippen molar-refractivity contribution in [2.75, 3.05) is 18.5 Å². The highest BCUT2D eigenvalue weighted by molar-refractivity contribution is 6.33. The summed E-state index contributed by atoms with van der Waals surface area (Å²) in [5.41, 5.74) is 0.391. The van der Waals surface area contributed by atoms with Crippen molar-refractivity contribution in [1.82, 2.24) is 10.2 Å². The van der Waals surface area contributed by atoms with Crippen molar-refractivity contribution >= 4 is 47.1 Å². The largest absolute Gasteiger partial charge is 0.490 e. The summed E-state index contributed by atoms with van der Waals surface area (Å²) in [5, 5.41) is 4.74. The van der Waals surface area contributed by atoms with E-state index in [1.165, 1.54) is 48.7 Å². The molecule has 2 heterocycles. The maximum Gasteiger partial charge on any atom is 0.331 e. The second kappa shape index (κ2) is 11.6. The van der Waals surface area contributed by atoms with Crippen molar-refractivity contribution in [1.29, 1.82) is 0 Å². The predicted octanol–water partition coefficient (Wildman–Crippen LogP) is 4.15. The number of anilines is 1. The molecule has 1 saturated heterocycles. The SMILES string of the molecule is CCOc1cc(/C=C2\C(=O)NC(=O)N(Cc3ccco3)C2=O)cc(Cl)c1OCC(=O)Nc1ccc(F)cc1. The molecule has 196 valence electrons. The fraction of sp³-hybridized carbons (Fsp3) is 0.154. The number of furan rings is 1. The van der Waals surface area contributed by atoms with Crippen molar-refractivity contribution in [3.05, 3.63) is 82.5 Å². The average Bonchev–Trinajstić information content (AvgIpc) is 3.39. The van der Waals surface area contributed by atoms with Crippen LogP contribution in [0, 0.1) is 5.82 Å². The van der Waals surface area contributed by atoms with E-state index in [1.54, 1.807) is 19.1 Å². The maximum absolute atomic E-state index is 13.1. The van der Waals surface area contributed by atoms with Crippen LogP contribution in [-0.2, 0) is 20.9 Å². The molecule has 1 aliphatic rings. The Hall–Kier alpha value is -4.64. The van der Waals surface area contributed by atoms with Gasteiger partial charge < -0.3 is 19.2 Å². The molecule has 1 aliphatic heterocycles. The van der Waals surface area contributed by atoms with Gasteiger partial charge in [-0.15, -0.1) is 0 Å². The van der Waals surface area contributed by atoms with Crippen LogP contribution in [0.2, 0.25) is 5.02 Å². The number of carbonyl (C=O) groups is 4. The third-order valence-corrected chi connectivity index (χ3v) is 5.48. The first-order valence-electron chi connectivity index (χ1n) is 11.3. The minimum atomic E-state index is -0.873. The van der Waals surface area contributed by atoms with Crippen LogP contribution < -0.4 is 20.1 Å². The van der Waals surface area contributed by atoms with Gasteiger partial charge in [0.2, 0.25) is 0 Å². The molecule has 0 aliphatic carbocycles. The van der Waals surface area contributed by atoms with Gasteiger partial charge in [0, 0.05) is 5.69 Å². The van der Waals surface area contributed by atoms with E-state index in [9.17, 15) is 23.6 Å². The molecule has 0 unspecified atom stereocenters. The van der Waals surface area contributed by atoms with Gasteiger partial charge in [-0.3, -0.25) is 24.6 Å². The molecule has 5 amide bonds. The van der Waals surface area contributed by atoms with Gasteiger partial charge >= 0.3 is 6.03 Å². The highest BCUT2D eigenvalue weighted by Gasteiger charge is 2.36. The summed E-state index contributed by atoms with van der Waals surface area (Å²) >= 11 is 6.40. The zero-order valence-electron chi connectivity index (χ0n) is 20.0. The first kappa shape index (κ1) is 26.4. The van der Waals surface area contributed by atoms with Crippen molar-refractivity contribution in [2.45, 2.75) is 13.5 Å². The van der Waals surface area contributed by atoms with Crippen LogP contribution in [0.5, 0.6) is 11.5 Å². The zero-order valence-corrected chi connectivity index (χ0v) is 20.7. The number of amides is 5. The number of nitrogens with zero attached hydrogens (tertiary/aromatic N) is 1. The van der Waals surface area contributed by atoms with Gasteiger partial charge in [0.1, 0.15) is 17.2 Å². The van der Waals surface area contributed by atoms with E-state index in [1.807, 2.05) is 0 Å². The summed E-state index contributed by atoms with van der Waals surface area (Å²) in [7, 11) is 0. The number of hydrogen-bond donors (Lipinski definition) is 2. The minimum Gasteiger partial charge on any atom is -0.490 e. The lowest BCUT2D eigenvalue weighted by atomic mass is 10.1. The summed E-state index contributed by atoms with van der Waals surface area (Å²) in [4.78, 5) is 50.8. The minimum absolute atomic E-state index is 0.0459. The molecular weight excluding hydrogens is 521 g/mol. The van der Waals surface area contributed by atoms with Crippen LogP contribution >= 0.6 is 11.6 Å². The number of imide groups is 2. The van der Waals surface area contributed by atoms with Crippen LogP contribution in [0.25, 0.3) is 6.08 Å². The standard InChI is InChI=1S/C26H21ClFN3O7/c1-2-36-21-12-15(10-19-24(33)30-26(35)31(25(19)34)13-18-4-3-9-37-18)11-20(27)23(21)38-14-22(32)29-17-7-5-16(28)6-8-17/h3-12H,2,13-14H2,1H3,(H,29,32)(H,30,33,35)/b19-10+. The second-order valence-corrected chi connectivity index (χ2v) is 8.30. The quantitative estimate of drug-likeness (QED) is 0.308. The molecule has 0 atom stereocenters. The number of nitrogens with one attached hydrogen (secondary N) is 2. The summed E-state index contributed by atoms with van der Waals surface area (Å²) in [6, 6.07) is 10.4. The van der Waals surface area contributed by atoms with Gasteiger partial charge in [0.15, 0.2) is 18.1 Å². The Kier molecular flexibility index (Phi) is 8.07. The van der Waals surface area contributed by atoms with Crippen LogP contribution in [0.15, 0.2) is 64.8 Å². The molecule has 12 heteroatoms. The van der Waals surface area contributed by atoms with Crippen molar-refractivity contribution in [3.8, 4) is 11.5 Å². The van der Waals surface area contributed by atoms with Gasteiger partial charge in [0.05, 0.1) is 24.4 Å². The number of urea groups is 1. The van der Waals surface area contributed by atoms with Crippen molar-refractivity contribution in [2.24, 2.45) is 0 Å². The lowest BCUT2D eigenvalue weighted by Gasteiger charge is -2.25. The first-order chi connectivity index (χ1) is 18.2. The molecule has 4 rings (SSSR count).